The fourth-order valence-electron chi connectivity index (χ4n) is 3.35. The van der Waals surface area contributed by atoms with Gasteiger partial charge in [-0.15, -0.1) is 0 Å². The molecule has 1 aromatic heterocycles. The number of nitrogens with zero attached hydrogens (tertiary/aromatic N) is 2. The standard InChI is InChI=1S/C19H20Cl2N4O5/c1-29-15(26)8-14(18(27)30-2)24-19(28)25-6-5-13-16(23-9-22-13)17(25)11-4-3-10(20)7-12(11)21/h3-4,7,9,14,17H,5-6,8H2,1-2H3,(H,22,23)(H,24,28)/t14-,17?/m1/s1. The number of rotatable bonds is 5. The van der Waals surface area contributed by atoms with E-state index in [0.29, 0.717) is 34.3 Å². The van der Waals surface area contributed by atoms with Crippen LogP contribution in [-0.4, -0.2) is 59.6 Å². The van der Waals surface area contributed by atoms with E-state index in [-0.39, 0.29) is 6.42 Å². The van der Waals surface area contributed by atoms with Crippen molar-refractivity contribution in [1.82, 2.24) is 20.2 Å². The minimum Gasteiger partial charge on any atom is -0.469 e. The van der Waals surface area contributed by atoms with E-state index in [1.165, 1.54) is 19.1 Å². The zero-order valence-corrected chi connectivity index (χ0v) is 17.8. The zero-order chi connectivity index (χ0) is 21.8. The van der Waals surface area contributed by atoms with E-state index in [4.69, 9.17) is 27.9 Å². The Morgan fingerprint density at radius 1 is 1.30 bits per heavy atom. The SMILES string of the molecule is COC(=O)C[C@@H](NC(=O)N1CCc2[nH]cnc2C1c1ccc(Cl)cc1Cl)C(=O)OC. The number of amides is 2. The second-order valence-electron chi connectivity index (χ2n) is 6.58. The van der Waals surface area contributed by atoms with Crippen LogP contribution in [0.25, 0.3) is 0 Å². The summed E-state index contributed by atoms with van der Waals surface area (Å²) in [6.07, 6.45) is 1.73. The lowest BCUT2D eigenvalue weighted by molar-refractivity contribution is -0.149. The summed E-state index contributed by atoms with van der Waals surface area (Å²) in [4.78, 5) is 45.8. The summed E-state index contributed by atoms with van der Waals surface area (Å²) in [6.45, 7) is 0.330. The normalized spacial score (nSPS) is 16.4. The van der Waals surface area contributed by atoms with Crippen LogP contribution in [0.3, 0.4) is 0 Å². The molecule has 1 aliphatic rings. The average Bonchev–Trinajstić information content (AvgIpc) is 3.21. The number of hydrogen-bond acceptors (Lipinski definition) is 6. The number of ether oxygens (including phenoxy) is 2. The van der Waals surface area contributed by atoms with Gasteiger partial charge in [0.25, 0.3) is 0 Å². The molecule has 0 saturated carbocycles. The van der Waals surface area contributed by atoms with Crippen molar-refractivity contribution in [3.63, 3.8) is 0 Å². The highest BCUT2D eigenvalue weighted by molar-refractivity contribution is 6.35. The van der Waals surface area contributed by atoms with Crippen LogP contribution in [0.5, 0.6) is 0 Å². The lowest BCUT2D eigenvalue weighted by atomic mass is 9.96. The molecule has 0 radical (unpaired) electrons. The predicted octanol–water partition coefficient (Wildman–Crippen LogP) is 2.48. The molecule has 3 rings (SSSR count). The van der Waals surface area contributed by atoms with E-state index in [1.54, 1.807) is 24.5 Å². The smallest absolute Gasteiger partial charge is 0.329 e. The number of aromatic nitrogens is 2. The van der Waals surface area contributed by atoms with Gasteiger partial charge < -0.3 is 24.7 Å². The molecule has 9 nitrogen and oxygen atoms in total. The number of halogens is 2. The maximum absolute atomic E-state index is 13.1. The minimum absolute atomic E-state index is 0.330. The van der Waals surface area contributed by atoms with E-state index < -0.39 is 30.1 Å². The highest BCUT2D eigenvalue weighted by Crippen LogP contribution is 2.37. The molecule has 2 N–H and O–H groups in total. The molecule has 2 atom stereocenters. The molecule has 0 saturated heterocycles. The van der Waals surface area contributed by atoms with Crippen molar-refractivity contribution in [1.29, 1.82) is 0 Å². The van der Waals surface area contributed by atoms with E-state index in [9.17, 15) is 14.4 Å². The van der Waals surface area contributed by atoms with Gasteiger partial charge in [-0.2, -0.15) is 0 Å². The molecule has 160 valence electrons. The Bertz CT molecular complexity index is 964. The van der Waals surface area contributed by atoms with Gasteiger partial charge in [0.05, 0.1) is 32.7 Å². The van der Waals surface area contributed by atoms with Crippen LogP contribution >= 0.6 is 23.2 Å². The quantitative estimate of drug-likeness (QED) is 0.670. The molecule has 0 spiro atoms. The van der Waals surface area contributed by atoms with Gasteiger partial charge in [0.15, 0.2) is 0 Å². The molecule has 1 aliphatic heterocycles. The van der Waals surface area contributed by atoms with Gasteiger partial charge in [0.2, 0.25) is 0 Å². The Morgan fingerprint density at radius 2 is 2.07 bits per heavy atom. The summed E-state index contributed by atoms with van der Waals surface area (Å²) in [5.41, 5.74) is 2.16. The van der Waals surface area contributed by atoms with E-state index >= 15 is 0 Å². The van der Waals surface area contributed by atoms with Crippen molar-refractivity contribution in [3.8, 4) is 0 Å². The van der Waals surface area contributed by atoms with Crippen molar-refractivity contribution >= 4 is 41.2 Å². The summed E-state index contributed by atoms with van der Waals surface area (Å²) in [5, 5.41) is 3.40. The third-order valence-corrected chi connectivity index (χ3v) is 5.39. The number of carbonyl (C=O) groups is 3. The molecule has 2 amide bonds. The van der Waals surface area contributed by atoms with E-state index in [2.05, 4.69) is 20.0 Å². The lowest BCUT2D eigenvalue weighted by Crippen LogP contribution is -2.52. The first-order chi connectivity index (χ1) is 14.3. The minimum atomic E-state index is -1.20. The highest BCUT2D eigenvalue weighted by Gasteiger charge is 2.37. The zero-order valence-electron chi connectivity index (χ0n) is 16.3. The first-order valence-electron chi connectivity index (χ1n) is 9.04. The van der Waals surface area contributed by atoms with Crippen LogP contribution in [0.4, 0.5) is 4.79 Å². The summed E-state index contributed by atoms with van der Waals surface area (Å²) < 4.78 is 9.30. The van der Waals surface area contributed by atoms with Crippen molar-refractivity contribution in [2.75, 3.05) is 20.8 Å². The highest BCUT2D eigenvalue weighted by atomic mass is 35.5. The second-order valence-corrected chi connectivity index (χ2v) is 7.43. The van der Waals surface area contributed by atoms with Crippen LogP contribution in [0, 0.1) is 0 Å². The van der Waals surface area contributed by atoms with Gasteiger partial charge in [-0.1, -0.05) is 29.3 Å². The van der Waals surface area contributed by atoms with Crippen LogP contribution in [0.2, 0.25) is 10.0 Å². The number of fused-ring (bicyclic) bond motifs is 1. The molecular weight excluding hydrogens is 435 g/mol. The average molecular weight is 455 g/mol. The van der Waals surface area contributed by atoms with Crippen LogP contribution in [-0.2, 0) is 25.5 Å². The number of methoxy groups -OCH3 is 2. The molecule has 0 aliphatic carbocycles. The van der Waals surface area contributed by atoms with Crippen molar-refractivity contribution in [2.45, 2.75) is 24.9 Å². The third kappa shape index (κ3) is 4.52. The fourth-order valence-corrected chi connectivity index (χ4v) is 3.86. The van der Waals surface area contributed by atoms with Gasteiger partial charge in [0.1, 0.15) is 12.1 Å². The molecule has 1 unspecified atom stereocenters. The van der Waals surface area contributed by atoms with Gasteiger partial charge in [-0.05, 0) is 17.7 Å². The number of nitrogens with one attached hydrogen (secondary N) is 2. The summed E-state index contributed by atoms with van der Waals surface area (Å²) >= 11 is 12.4. The van der Waals surface area contributed by atoms with Gasteiger partial charge in [-0.3, -0.25) is 4.79 Å². The molecule has 11 heteroatoms. The first kappa shape index (κ1) is 21.9. The Kier molecular flexibility index (Phi) is 6.84. The fraction of sp³-hybridized carbons (Fsp3) is 0.368. The van der Waals surface area contributed by atoms with Crippen LogP contribution in [0.15, 0.2) is 24.5 Å². The molecule has 1 aromatic carbocycles. The molecular formula is C19H20Cl2N4O5. The van der Waals surface area contributed by atoms with Crippen LogP contribution < -0.4 is 5.32 Å². The van der Waals surface area contributed by atoms with Crippen molar-refractivity contribution in [3.05, 3.63) is 51.5 Å². The van der Waals surface area contributed by atoms with Crippen molar-refractivity contribution in [2.24, 2.45) is 0 Å². The number of H-pyrrole nitrogens is 1. The number of carbonyl (C=O) groups excluding carboxylic acids is 3. The number of imidazole rings is 1. The largest absolute Gasteiger partial charge is 0.469 e. The van der Waals surface area contributed by atoms with Crippen molar-refractivity contribution < 1.29 is 23.9 Å². The van der Waals surface area contributed by atoms with Gasteiger partial charge >= 0.3 is 18.0 Å². The Labute approximate surface area is 182 Å². The second kappa shape index (κ2) is 9.36. The molecule has 0 fully saturated rings. The number of aromatic amines is 1. The summed E-state index contributed by atoms with van der Waals surface area (Å²) in [7, 11) is 2.37. The monoisotopic (exact) mass is 454 g/mol. The molecule has 2 heterocycles. The molecule has 2 aromatic rings. The number of hydrogen-bond donors (Lipinski definition) is 2. The van der Waals surface area contributed by atoms with Gasteiger partial charge in [0, 0.05) is 28.7 Å². The Balaban J connectivity index is 1.93. The number of benzene rings is 1. The number of urea groups is 1. The maximum Gasteiger partial charge on any atom is 0.329 e. The molecule has 30 heavy (non-hydrogen) atoms. The lowest BCUT2D eigenvalue weighted by Gasteiger charge is -2.36. The van der Waals surface area contributed by atoms with E-state index in [0.717, 1.165) is 5.69 Å². The van der Waals surface area contributed by atoms with Gasteiger partial charge in [-0.25, -0.2) is 14.6 Å². The molecule has 0 bridgehead atoms. The number of esters is 2. The maximum atomic E-state index is 13.1. The topological polar surface area (TPSA) is 114 Å². The Hall–Kier alpha value is -2.78. The van der Waals surface area contributed by atoms with Crippen LogP contribution in [0.1, 0.15) is 29.4 Å². The summed E-state index contributed by atoms with van der Waals surface area (Å²) in [5.74, 6) is -1.41. The first-order valence-corrected chi connectivity index (χ1v) is 9.80. The Morgan fingerprint density at radius 3 is 2.73 bits per heavy atom. The third-order valence-electron chi connectivity index (χ3n) is 4.82. The van der Waals surface area contributed by atoms with E-state index in [1.807, 2.05) is 0 Å². The predicted molar refractivity (Wildman–Crippen MR) is 108 cm³/mol. The summed E-state index contributed by atoms with van der Waals surface area (Å²) in [6, 6.07) is 2.61.